The molecule has 1 N–H and O–H groups in total. The van der Waals surface area contributed by atoms with E-state index in [2.05, 4.69) is 84.2 Å². The summed E-state index contributed by atoms with van der Waals surface area (Å²) in [5.74, 6) is 0.441. The van der Waals surface area contributed by atoms with Gasteiger partial charge in [0.1, 0.15) is 12.1 Å². The van der Waals surface area contributed by atoms with E-state index in [-0.39, 0.29) is 18.1 Å². The zero-order valence-electron chi connectivity index (χ0n) is 21.8. The Labute approximate surface area is 235 Å². The summed E-state index contributed by atoms with van der Waals surface area (Å²) in [6, 6.07) is 45.0. The lowest BCUT2D eigenvalue weighted by Gasteiger charge is -2.22. The van der Waals surface area contributed by atoms with Crippen molar-refractivity contribution >= 4 is 41.3 Å². The molecule has 1 amide bonds. The Bertz CT molecular complexity index is 1680. The van der Waals surface area contributed by atoms with E-state index in [0.29, 0.717) is 17.1 Å². The highest BCUT2D eigenvalue weighted by Crippen LogP contribution is 2.41. The molecule has 0 unspecified atom stereocenters. The molecule has 7 rings (SSSR count). The summed E-state index contributed by atoms with van der Waals surface area (Å²) in [5, 5.41) is 6.61. The highest BCUT2D eigenvalue weighted by Gasteiger charge is 2.40. The van der Waals surface area contributed by atoms with Crippen molar-refractivity contribution in [3.05, 3.63) is 156 Å². The van der Waals surface area contributed by atoms with Crippen LogP contribution in [0.25, 0.3) is 0 Å². The monoisotopic (exact) mass is 538 g/mol. The van der Waals surface area contributed by atoms with E-state index >= 15 is 0 Å². The Morgan fingerprint density at radius 2 is 1.35 bits per heavy atom. The minimum absolute atomic E-state index is 0.00260. The van der Waals surface area contributed by atoms with Gasteiger partial charge in [0.15, 0.2) is 0 Å². The van der Waals surface area contributed by atoms with Gasteiger partial charge in [0.2, 0.25) is 5.90 Å². The zero-order chi connectivity index (χ0) is 26.9. The number of carbonyl (C=O) groups is 1. The Morgan fingerprint density at radius 1 is 0.725 bits per heavy atom. The molecular weight excluding hydrogens is 511 g/mol. The standard InChI is InChI=1S/C35H27N2O2P/c38-34(29-20-10-12-22-32(29)40(25-14-3-1-4-15-25)26-16-5-2-6-17-26)36-30-21-11-9-19-28(30)35-37-33-27-18-8-7-13-24(27)23-31(33)39-35/h1-22,31,33H,23H2,(H,36,38)/t31-,33+/m0/s1. The minimum atomic E-state index is -0.931. The number of ether oxygens (including phenoxy) is 1. The van der Waals surface area contributed by atoms with E-state index in [1.54, 1.807) is 0 Å². The van der Waals surface area contributed by atoms with E-state index in [9.17, 15) is 4.79 Å². The first kappa shape index (κ1) is 24.5. The number of fused-ring (bicyclic) bond motifs is 3. The summed E-state index contributed by atoms with van der Waals surface area (Å²) in [4.78, 5) is 18.9. The van der Waals surface area contributed by atoms with Gasteiger partial charge in [-0.25, -0.2) is 4.99 Å². The predicted molar refractivity (Wildman–Crippen MR) is 164 cm³/mol. The smallest absolute Gasteiger partial charge is 0.256 e. The fraction of sp³-hybridized carbons (Fsp3) is 0.0857. The molecule has 0 saturated heterocycles. The van der Waals surface area contributed by atoms with Crippen molar-refractivity contribution in [3.63, 3.8) is 0 Å². The van der Waals surface area contributed by atoms with Gasteiger partial charge in [-0.3, -0.25) is 4.79 Å². The van der Waals surface area contributed by atoms with Gasteiger partial charge < -0.3 is 10.1 Å². The number of amides is 1. The third-order valence-corrected chi connectivity index (χ3v) is 9.99. The van der Waals surface area contributed by atoms with Crippen LogP contribution < -0.4 is 21.2 Å². The highest BCUT2D eigenvalue weighted by molar-refractivity contribution is 7.80. The van der Waals surface area contributed by atoms with E-state index in [1.165, 1.54) is 21.7 Å². The predicted octanol–water partition coefficient (Wildman–Crippen LogP) is 6.14. The van der Waals surface area contributed by atoms with E-state index < -0.39 is 7.92 Å². The third kappa shape index (κ3) is 4.51. The first-order valence-electron chi connectivity index (χ1n) is 13.5. The molecule has 2 aliphatic rings. The second-order valence-electron chi connectivity index (χ2n) is 9.96. The largest absolute Gasteiger partial charge is 0.471 e. The van der Waals surface area contributed by atoms with Crippen molar-refractivity contribution in [2.75, 3.05) is 5.32 Å². The number of benzene rings is 5. The first-order chi connectivity index (χ1) is 19.8. The number of para-hydroxylation sites is 1. The van der Waals surface area contributed by atoms with Crippen LogP contribution in [0.1, 0.15) is 33.1 Å². The average Bonchev–Trinajstić information content (AvgIpc) is 3.57. The number of carbonyl (C=O) groups excluding carboxylic acids is 1. The normalized spacial score (nSPS) is 17.1. The second-order valence-corrected chi connectivity index (χ2v) is 12.1. The SMILES string of the molecule is O=C(Nc1ccccc1C1=N[C@@H]2c3ccccc3C[C@@H]2O1)c1ccccc1P(c1ccccc1)c1ccccc1. The maximum atomic E-state index is 13.9. The summed E-state index contributed by atoms with van der Waals surface area (Å²) in [6.45, 7) is 0. The molecule has 0 radical (unpaired) electrons. The number of rotatable bonds is 6. The van der Waals surface area contributed by atoms with E-state index in [0.717, 1.165) is 17.3 Å². The van der Waals surface area contributed by atoms with Gasteiger partial charge in [-0.1, -0.05) is 115 Å². The summed E-state index contributed by atoms with van der Waals surface area (Å²) in [7, 11) is -0.931. The maximum absolute atomic E-state index is 13.9. The van der Waals surface area contributed by atoms with Crippen LogP contribution in [0.3, 0.4) is 0 Å². The molecule has 0 saturated carbocycles. The van der Waals surface area contributed by atoms with Gasteiger partial charge >= 0.3 is 0 Å². The summed E-state index contributed by atoms with van der Waals surface area (Å²) in [6.07, 6.45) is 0.843. The Kier molecular flexibility index (Phi) is 6.47. The van der Waals surface area contributed by atoms with Crippen molar-refractivity contribution in [1.82, 2.24) is 0 Å². The van der Waals surface area contributed by atoms with E-state index in [1.807, 2.05) is 54.6 Å². The van der Waals surface area contributed by atoms with Gasteiger partial charge in [-0.2, -0.15) is 0 Å². The molecular formula is C35H27N2O2P. The zero-order valence-corrected chi connectivity index (χ0v) is 22.7. The van der Waals surface area contributed by atoms with Gasteiger partial charge in [-0.05, 0) is 53.2 Å². The van der Waals surface area contributed by atoms with Crippen molar-refractivity contribution < 1.29 is 9.53 Å². The molecule has 0 spiro atoms. The fourth-order valence-electron chi connectivity index (χ4n) is 5.64. The average molecular weight is 539 g/mol. The van der Waals surface area contributed by atoms with Crippen molar-refractivity contribution in [1.29, 1.82) is 0 Å². The van der Waals surface area contributed by atoms with Crippen LogP contribution in [-0.4, -0.2) is 17.9 Å². The Hall–Kier alpha value is -4.53. The number of anilines is 1. The number of nitrogens with one attached hydrogen (secondary N) is 1. The molecule has 40 heavy (non-hydrogen) atoms. The summed E-state index contributed by atoms with van der Waals surface area (Å²) in [5.41, 5.74) is 4.68. The van der Waals surface area contributed by atoms with Crippen molar-refractivity contribution in [2.45, 2.75) is 18.6 Å². The molecule has 194 valence electrons. The molecule has 5 aromatic rings. The maximum Gasteiger partial charge on any atom is 0.256 e. The first-order valence-corrected chi connectivity index (χ1v) is 14.8. The lowest BCUT2D eigenvalue weighted by Crippen LogP contribution is -2.27. The number of hydrogen-bond donors (Lipinski definition) is 1. The van der Waals surface area contributed by atoms with Crippen LogP contribution in [0, 0.1) is 0 Å². The summed E-state index contributed by atoms with van der Waals surface area (Å²) >= 11 is 0. The Balaban J connectivity index is 1.23. The Morgan fingerprint density at radius 3 is 2.12 bits per heavy atom. The summed E-state index contributed by atoms with van der Waals surface area (Å²) < 4.78 is 6.36. The quantitative estimate of drug-likeness (QED) is 0.264. The van der Waals surface area contributed by atoms with Crippen LogP contribution in [-0.2, 0) is 11.2 Å². The van der Waals surface area contributed by atoms with Crippen LogP contribution >= 0.6 is 7.92 Å². The van der Waals surface area contributed by atoms with Gasteiger partial charge in [0.05, 0.1) is 11.3 Å². The molecule has 0 bridgehead atoms. The number of hydrogen-bond acceptors (Lipinski definition) is 3. The molecule has 4 nitrogen and oxygen atoms in total. The van der Waals surface area contributed by atoms with Crippen LogP contribution in [0.4, 0.5) is 5.69 Å². The number of nitrogens with zero attached hydrogens (tertiary/aromatic N) is 1. The molecule has 2 atom stereocenters. The third-order valence-electron chi connectivity index (χ3n) is 7.49. The van der Waals surface area contributed by atoms with E-state index in [4.69, 9.17) is 9.73 Å². The molecule has 1 aliphatic heterocycles. The highest BCUT2D eigenvalue weighted by atomic mass is 31.1. The number of aliphatic imine (C=N–C) groups is 1. The van der Waals surface area contributed by atoms with Crippen LogP contribution in [0.15, 0.2) is 138 Å². The van der Waals surface area contributed by atoms with Crippen LogP contribution in [0.5, 0.6) is 0 Å². The molecule has 5 aromatic carbocycles. The van der Waals surface area contributed by atoms with Gasteiger partial charge in [0.25, 0.3) is 5.91 Å². The molecule has 5 heteroatoms. The lowest BCUT2D eigenvalue weighted by atomic mass is 10.1. The van der Waals surface area contributed by atoms with Gasteiger partial charge in [-0.15, -0.1) is 0 Å². The molecule has 0 fully saturated rings. The van der Waals surface area contributed by atoms with Crippen molar-refractivity contribution in [3.8, 4) is 0 Å². The molecule has 1 heterocycles. The molecule has 1 aliphatic carbocycles. The van der Waals surface area contributed by atoms with Gasteiger partial charge in [0, 0.05) is 12.0 Å². The topological polar surface area (TPSA) is 50.7 Å². The lowest BCUT2D eigenvalue weighted by molar-refractivity contribution is 0.102. The fourth-order valence-corrected chi connectivity index (χ4v) is 8.09. The van der Waals surface area contributed by atoms with Crippen molar-refractivity contribution in [2.24, 2.45) is 4.99 Å². The second kappa shape index (κ2) is 10.6. The minimum Gasteiger partial charge on any atom is -0.471 e. The van der Waals surface area contributed by atoms with Crippen LogP contribution in [0.2, 0.25) is 0 Å². The molecule has 0 aromatic heterocycles.